The van der Waals surface area contributed by atoms with Crippen molar-refractivity contribution < 1.29 is 8.83 Å². The lowest BCUT2D eigenvalue weighted by atomic mass is 9.90. The number of hydrogen-bond donors (Lipinski definition) is 0. The summed E-state index contributed by atoms with van der Waals surface area (Å²) in [5, 5.41) is 7.37. The first-order valence-corrected chi connectivity index (χ1v) is 12.3. The summed E-state index contributed by atoms with van der Waals surface area (Å²) >= 11 is 0. The zero-order valence-corrected chi connectivity index (χ0v) is 20.0. The van der Waals surface area contributed by atoms with Gasteiger partial charge in [0.15, 0.2) is 0 Å². The molecule has 0 aliphatic rings. The highest BCUT2D eigenvalue weighted by Gasteiger charge is 2.13. The molecular weight excluding hydrogens is 472 g/mol. The van der Waals surface area contributed by atoms with Crippen LogP contribution in [0.25, 0.3) is 77.7 Å². The van der Waals surface area contributed by atoms with Crippen molar-refractivity contribution in [3.8, 4) is 45.4 Å². The van der Waals surface area contributed by atoms with Crippen LogP contribution in [0.15, 0.2) is 119 Å². The zero-order chi connectivity index (χ0) is 25.1. The van der Waals surface area contributed by atoms with Crippen LogP contribution >= 0.6 is 0 Å². The van der Waals surface area contributed by atoms with Crippen molar-refractivity contribution >= 4 is 32.3 Å². The van der Waals surface area contributed by atoms with Crippen molar-refractivity contribution in [1.29, 1.82) is 0 Å². The summed E-state index contributed by atoms with van der Waals surface area (Å²) in [5.41, 5.74) is 5.78. The van der Waals surface area contributed by atoms with Crippen LogP contribution in [0.3, 0.4) is 0 Å². The Morgan fingerprint density at radius 2 is 0.842 bits per heavy atom. The Bertz CT molecular complexity index is 1830. The average Bonchev–Trinajstić information content (AvgIpc) is 3.71. The molecule has 0 bridgehead atoms. The number of nitrogens with zero attached hydrogens (tertiary/aromatic N) is 4. The Labute approximate surface area is 216 Å². The first-order chi connectivity index (χ1) is 18.8. The Balaban J connectivity index is 1.21. The fourth-order valence-electron chi connectivity index (χ4n) is 5.25. The molecule has 8 aromatic rings. The quantitative estimate of drug-likeness (QED) is 0.233. The Kier molecular flexibility index (Phi) is 4.42. The molecule has 0 amide bonds. The van der Waals surface area contributed by atoms with Gasteiger partial charge in [0.05, 0.1) is 12.4 Å². The molecule has 178 valence electrons. The monoisotopic (exact) mass is 490 g/mol. The highest BCUT2D eigenvalue weighted by atomic mass is 16.3. The molecule has 0 atom stereocenters. The van der Waals surface area contributed by atoms with Crippen LogP contribution in [0, 0.1) is 0 Å². The van der Waals surface area contributed by atoms with Crippen LogP contribution in [-0.2, 0) is 0 Å². The fraction of sp³-hybridized carbons (Fsp3) is 0. The second-order valence-corrected chi connectivity index (χ2v) is 9.26. The van der Waals surface area contributed by atoms with Crippen molar-refractivity contribution in [2.24, 2.45) is 0 Å². The largest absolute Gasteiger partial charge is 0.443 e. The molecule has 38 heavy (non-hydrogen) atoms. The molecule has 6 heteroatoms. The molecule has 0 saturated heterocycles. The predicted molar refractivity (Wildman–Crippen MR) is 148 cm³/mol. The summed E-state index contributed by atoms with van der Waals surface area (Å²) in [4.78, 5) is 17.5. The van der Waals surface area contributed by atoms with E-state index in [9.17, 15) is 0 Å². The van der Waals surface area contributed by atoms with Gasteiger partial charge in [-0.25, -0.2) is 9.97 Å². The van der Waals surface area contributed by atoms with E-state index in [0.717, 1.165) is 33.6 Å². The topological polar surface area (TPSA) is 77.8 Å². The van der Waals surface area contributed by atoms with E-state index >= 15 is 0 Å². The Morgan fingerprint density at radius 1 is 0.421 bits per heavy atom. The molecule has 4 aromatic heterocycles. The van der Waals surface area contributed by atoms with Crippen LogP contribution < -0.4 is 0 Å². The molecule has 4 heterocycles. The summed E-state index contributed by atoms with van der Waals surface area (Å²) in [5.74, 6) is 1.04. The molecular formula is C32H18N4O2. The SMILES string of the molecule is c1coc(-c2ccc(-c3cc4ccc5cc(-c6ccc(-c7ncco7)nc6)cc6ccc(c3)c4c56)cn2)n1. The maximum absolute atomic E-state index is 5.37. The molecule has 4 aromatic carbocycles. The standard InChI is InChI=1S/C32H18N4O2/c1-2-20-14-26(24-6-8-28(36-18-24)32-34-10-12-38-32)16-22-4-3-21-15-25(13-19(1)29(21)30(20)22)23-5-7-27(35-17-23)31-33-9-11-37-31/h1-18H. The van der Waals surface area contributed by atoms with Crippen LogP contribution in [0.5, 0.6) is 0 Å². The first-order valence-electron chi connectivity index (χ1n) is 12.3. The van der Waals surface area contributed by atoms with Crippen molar-refractivity contribution in [1.82, 2.24) is 19.9 Å². The number of aromatic nitrogens is 4. The summed E-state index contributed by atoms with van der Waals surface area (Å²) in [6.07, 6.45) is 10.1. The number of benzene rings is 4. The van der Waals surface area contributed by atoms with E-state index in [4.69, 9.17) is 8.83 Å². The van der Waals surface area contributed by atoms with E-state index in [1.165, 1.54) is 32.3 Å². The van der Waals surface area contributed by atoms with E-state index in [1.807, 2.05) is 24.5 Å². The van der Waals surface area contributed by atoms with Crippen molar-refractivity contribution in [2.45, 2.75) is 0 Å². The van der Waals surface area contributed by atoms with E-state index in [2.05, 4.69) is 80.6 Å². The van der Waals surface area contributed by atoms with Crippen molar-refractivity contribution in [3.05, 3.63) is 110 Å². The maximum Gasteiger partial charge on any atom is 0.244 e. The molecule has 0 spiro atoms. The first kappa shape index (κ1) is 20.8. The minimum absolute atomic E-state index is 0.521. The van der Waals surface area contributed by atoms with Gasteiger partial charge in [0.25, 0.3) is 0 Å². The van der Waals surface area contributed by atoms with Gasteiger partial charge in [0.1, 0.15) is 23.9 Å². The molecule has 0 unspecified atom stereocenters. The lowest BCUT2D eigenvalue weighted by molar-refractivity contribution is 0.572. The average molecular weight is 491 g/mol. The molecule has 0 saturated carbocycles. The van der Waals surface area contributed by atoms with Gasteiger partial charge >= 0.3 is 0 Å². The van der Waals surface area contributed by atoms with E-state index in [0.29, 0.717) is 11.8 Å². The number of hydrogen-bond acceptors (Lipinski definition) is 6. The van der Waals surface area contributed by atoms with Crippen LogP contribution in [0.4, 0.5) is 0 Å². The van der Waals surface area contributed by atoms with Gasteiger partial charge in [-0.2, -0.15) is 0 Å². The van der Waals surface area contributed by atoms with Crippen molar-refractivity contribution in [2.75, 3.05) is 0 Å². The second-order valence-electron chi connectivity index (χ2n) is 9.26. The number of pyridine rings is 2. The smallest absolute Gasteiger partial charge is 0.244 e. The van der Waals surface area contributed by atoms with E-state index in [1.54, 1.807) is 24.9 Å². The van der Waals surface area contributed by atoms with Gasteiger partial charge < -0.3 is 8.83 Å². The summed E-state index contributed by atoms with van der Waals surface area (Å²) in [6.45, 7) is 0. The minimum atomic E-state index is 0.521. The minimum Gasteiger partial charge on any atom is -0.443 e. The maximum atomic E-state index is 5.37. The van der Waals surface area contributed by atoms with Gasteiger partial charge in [-0.15, -0.1) is 0 Å². The molecule has 0 fully saturated rings. The molecule has 0 aliphatic heterocycles. The molecule has 0 N–H and O–H groups in total. The number of oxazole rings is 2. The Morgan fingerprint density at radius 3 is 1.16 bits per heavy atom. The van der Waals surface area contributed by atoms with E-state index < -0.39 is 0 Å². The van der Waals surface area contributed by atoms with Gasteiger partial charge in [-0.05, 0) is 79.8 Å². The summed E-state index contributed by atoms with van der Waals surface area (Å²) < 4.78 is 10.7. The molecule has 8 rings (SSSR count). The normalized spacial score (nSPS) is 11.7. The van der Waals surface area contributed by atoms with Gasteiger partial charge in [-0.3, -0.25) is 9.97 Å². The third-order valence-corrected chi connectivity index (χ3v) is 7.03. The van der Waals surface area contributed by atoms with Gasteiger partial charge in [0.2, 0.25) is 11.8 Å². The highest BCUT2D eigenvalue weighted by molar-refractivity contribution is 6.24. The predicted octanol–water partition coefficient (Wildman–Crippen LogP) is 8.02. The lowest BCUT2D eigenvalue weighted by Gasteiger charge is -2.14. The third kappa shape index (κ3) is 3.28. The third-order valence-electron chi connectivity index (χ3n) is 7.03. The van der Waals surface area contributed by atoms with Gasteiger partial charge in [0, 0.05) is 23.5 Å². The highest BCUT2D eigenvalue weighted by Crippen LogP contribution is 2.39. The Hall–Kier alpha value is -5.36. The van der Waals surface area contributed by atoms with Crippen LogP contribution in [0.2, 0.25) is 0 Å². The van der Waals surface area contributed by atoms with E-state index in [-0.39, 0.29) is 0 Å². The second kappa shape index (κ2) is 8.08. The van der Waals surface area contributed by atoms with Gasteiger partial charge in [-0.1, -0.05) is 36.4 Å². The number of rotatable bonds is 4. The van der Waals surface area contributed by atoms with Crippen LogP contribution in [0.1, 0.15) is 0 Å². The van der Waals surface area contributed by atoms with Crippen LogP contribution in [-0.4, -0.2) is 19.9 Å². The molecule has 0 radical (unpaired) electrons. The fourth-order valence-corrected chi connectivity index (χ4v) is 5.25. The molecule has 6 nitrogen and oxygen atoms in total. The molecule has 0 aliphatic carbocycles. The zero-order valence-electron chi connectivity index (χ0n) is 20.0. The lowest BCUT2D eigenvalue weighted by Crippen LogP contribution is -1.89. The summed E-state index contributed by atoms with van der Waals surface area (Å²) in [7, 11) is 0. The van der Waals surface area contributed by atoms with Crippen molar-refractivity contribution in [3.63, 3.8) is 0 Å². The summed E-state index contributed by atoms with van der Waals surface area (Å²) in [6, 6.07) is 25.8.